The fourth-order valence-electron chi connectivity index (χ4n) is 0.219. The predicted molar refractivity (Wildman–Crippen MR) is 44.5 cm³/mol. The van der Waals surface area contributed by atoms with Crippen LogP contribution >= 0.6 is 24.0 Å². The van der Waals surface area contributed by atoms with Crippen molar-refractivity contribution in [3.8, 4) is 0 Å². The van der Waals surface area contributed by atoms with Gasteiger partial charge in [0, 0.05) is 11.2 Å². The number of carbonyl (C=O) groups is 1. The van der Waals surface area contributed by atoms with E-state index in [2.05, 4.69) is 18.0 Å². The van der Waals surface area contributed by atoms with E-state index >= 15 is 0 Å². The summed E-state index contributed by atoms with van der Waals surface area (Å²) in [7, 11) is 0. The van der Waals surface area contributed by atoms with E-state index in [-0.39, 0.29) is 0 Å². The minimum Gasteiger partial charge on any atom is -0.364 e. The molecule has 1 amide bonds. The van der Waals surface area contributed by atoms with Gasteiger partial charge in [-0.1, -0.05) is 12.2 Å². The van der Waals surface area contributed by atoms with Gasteiger partial charge >= 0.3 is 0 Å². The molecule has 0 radical (unpaired) electrons. The fraction of sp³-hybridized carbons (Fsp3) is 0.200. The Balaban J connectivity index is 3.68. The van der Waals surface area contributed by atoms with Gasteiger partial charge in [-0.15, -0.1) is 11.8 Å². The monoisotopic (exact) mass is 179 g/mol. The Labute approximate surface area is 67.7 Å². The molecular formula is C5H6FNOS2. The first-order valence-electron chi connectivity index (χ1n) is 2.39. The van der Waals surface area contributed by atoms with Gasteiger partial charge in [0.2, 0.25) is 0 Å². The highest BCUT2D eigenvalue weighted by Crippen LogP contribution is 2.06. The van der Waals surface area contributed by atoms with Crippen LogP contribution in [0, 0.1) is 0 Å². The van der Waals surface area contributed by atoms with Crippen molar-refractivity contribution >= 4 is 35.3 Å². The molecule has 0 aromatic rings. The molecular weight excluding hydrogens is 173 g/mol. The van der Waals surface area contributed by atoms with Crippen LogP contribution in [0.4, 0.5) is 4.39 Å². The van der Waals surface area contributed by atoms with E-state index in [1.54, 1.807) is 0 Å². The minimum atomic E-state index is -1.04. The van der Waals surface area contributed by atoms with Crippen LogP contribution in [-0.4, -0.2) is 17.0 Å². The highest BCUT2D eigenvalue weighted by Gasteiger charge is 1.99. The van der Waals surface area contributed by atoms with Crippen LogP contribution in [0.5, 0.6) is 0 Å². The zero-order chi connectivity index (χ0) is 7.98. The number of primary amides is 1. The zero-order valence-electron chi connectivity index (χ0n) is 5.04. The summed E-state index contributed by atoms with van der Waals surface area (Å²) >= 11 is 5.55. The number of amides is 1. The topological polar surface area (TPSA) is 43.1 Å². The molecule has 2 nitrogen and oxygen atoms in total. The largest absolute Gasteiger partial charge is 0.364 e. The Kier molecular flexibility index (Phi) is 5.15. The van der Waals surface area contributed by atoms with Crippen LogP contribution < -0.4 is 5.73 Å². The molecule has 0 heterocycles. The average molecular weight is 179 g/mol. The van der Waals surface area contributed by atoms with E-state index in [9.17, 15) is 9.18 Å². The average Bonchev–Trinajstić information content (AvgIpc) is 1.88. The molecule has 0 fully saturated rings. The molecule has 10 heavy (non-hydrogen) atoms. The maximum atomic E-state index is 12.2. The van der Waals surface area contributed by atoms with E-state index in [1.807, 2.05) is 0 Å². The first-order chi connectivity index (χ1) is 4.68. The van der Waals surface area contributed by atoms with Crippen molar-refractivity contribution < 1.29 is 9.18 Å². The van der Waals surface area contributed by atoms with E-state index in [1.165, 1.54) is 5.37 Å². The van der Waals surface area contributed by atoms with Gasteiger partial charge in [-0.05, 0) is 5.37 Å². The molecule has 0 unspecified atom stereocenters. The number of thiocarbonyl (C=S) groups is 1. The SMILES string of the molecule is NC(=O)C(F)=CSCC=S. The number of nitrogens with two attached hydrogens (primary N) is 1. The Hall–Kier alpha value is -0.420. The molecule has 0 aliphatic carbocycles. The third-order valence-corrected chi connectivity index (χ3v) is 1.70. The van der Waals surface area contributed by atoms with Crippen LogP contribution in [0.15, 0.2) is 11.2 Å². The molecule has 0 bridgehead atoms. The third kappa shape index (κ3) is 4.46. The molecule has 0 atom stereocenters. The number of thioether (sulfide) groups is 1. The van der Waals surface area contributed by atoms with Crippen LogP contribution in [0.25, 0.3) is 0 Å². The Morgan fingerprint density at radius 2 is 2.40 bits per heavy atom. The molecule has 56 valence electrons. The summed E-state index contributed by atoms with van der Waals surface area (Å²) in [6, 6.07) is 0. The van der Waals surface area contributed by atoms with Crippen LogP contribution in [0.3, 0.4) is 0 Å². The molecule has 0 aliphatic heterocycles. The second-order valence-corrected chi connectivity index (χ2v) is 2.57. The van der Waals surface area contributed by atoms with Gasteiger partial charge in [0.15, 0.2) is 5.83 Å². The fourth-order valence-corrected chi connectivity index (χ4v) is 0.892. The molecule has 5 heteroatoms. The molecule has 0 spiro atoms. The van der Waals surface area contributed by atoms with Crippen molar-refractivity contribution in [2.45, 2.75) is 0 Å². The van der Waals surface area contributed by atoms with Gasteiger partial charge in [0.05, 0.1) is 0 Å². The summed E-state index contributed by atoms with van der Waals surface area (Å²) in [6.07, 6.45) is 0. The van der Waals surface area contributed by atoms with Gasteiger partial charge in [0.1, 0.15) is 0 Å². The summed E-state index contributed by atoms with van der Waals surface area (Å²) in [5, 5.41) is 2.49. The van der Waals surface area contributed by atoms with Gasteiger partial charge in [-0.25, -0.2) is 4.39 Å². The van der Waals surface area contributed by atoms with Crippen molar-refractivity contribution in [1.82, 2.24) is 0 Å². The van der Waals surface area contributed by atoms with Crippen molar-refractivity contribution in [2.75, 3.05) is 5.75 Å². The number of carbonyl (C=O) groups excluding carboxylic acids is 1. The van der Waals surface area contributed by atoms with Crippen molar-refractivity contribution in [3.63, 3.8) is 0 Å². The summed E-state index contributed by atoms with van der Waals surface area (Å²) in [4.78, 5) is 10.0. The number of halogens is 1. The highest BCUT2D eigenvalue weighted by atomic mass is 32.2. The lowest BCUT2D eigenvalue weighted by Crippen LogP contribution is -2.10. The molecule has 0 aromatic carbocycles. The molecule has 0 saturated carbocycles. The molecule has 0 aliphatic rings. The zero-order valence-corrected chi connectivity index (χ0v) is 6.67. The number of hydrogen-bond donors (Lipinski definition) is 1. The van der Waals surface area contributed by atoms with Crippen LogP contribution in [0.1, 0.15) is 0 Å². The van der Waals surface area contributed by atoms with Gasteiger partial charge < -0.3 is 5.73 Å². The normalized spacial score (nSPS) is 11.1. The maximum absolute atomic E-state index is 12.2. The second kappa shape index (κ2) is 5.37. The second-order valence-electron chi connectivity index (χ2n) is 1.33. The minimum absolute atomic E-state index is 0.496. The summed E-state index contributed by atoms with van der Waals surface area (Å²) in [5.41, 5.74) is 4.59. The first kappa shape index (κ1) is 9.58. The number of hydrogen-bond acceptors (Lipinski definition) is 3. The third-order valence-electron chi connectivity index (χ3n) is 0.586. The van der Waals surface area contributed by atoms with Crippen LogP contribution in [-0.2, 0) is 4.79 Å². The van der Waals surface area contributed by atoms with Crippen molar-refractivity contribution in [1.29, 1.82) is 0 Å². The van der Waals surface area contributed by atoms with Crippen molar-refractivity contribution in [2.24, 2.45) is 5.73 Å². The quantitative estimate of drug-likeness (QED) is 0.398. The molecule has 0 aromatic heterocycles. The van der Waals surface area contributed by atoms with Gasteiger partial charge in [0.25, 0.3) is 5.91 Å². The summed E-state index contributed by atoms with van der Waals surface area (Å²) in [5.74, 6) is -1.48. The highest BCUT2D eigenvalue weighted by molar-refractivity contribution is 8.03. The first-order valence-corrected chi connectivity index (χ1v) is 3.91. The van der Waals surface area contributed by atoms with E-state index < -0.39 is 11.7 Å². The molecule has 0 rings (SSSR count). The maximum Gasteiger partial charge on any atom is 0.277 e. The van der Waals surface area contributed by atoms with Crippen LogP contribution in [0.2, 0.25) is 0 Å². The van der Waals surface area contributed by atoms with Gasteiger partial charge in [-0.3, -0.25) is 4.79 Å². The standard InChI is InChI=1S/C5H6FNOS2/c6-4(5(7)8)3-10-2-1-9/h1,3H,2H2,(H2,7,8). The van der Waals surface area contributed by atoms with E-state index in [4.69, 9.17) is 0 Å². The molecule has 0 saturated heterocycles. The summed E-state index contributed by atoms with van der Waals surface area (Å²) in [6.45, 7) is 0. The van der Waals surface area contributed by atoms with Crippen molar-refractivity contribution in [3.05, 3.63) is 11.2 Å². The lowest BCUT2D eigenvalue weighted by Gasteiger charge is -1.87. The van der Waals surface area contributed by atoms with E-state index in [0.29, 0.717) is 5.75 Å². The Morgan fingerprint density at radius 1 is 1.80 bits per heavy atom. The van der Waals surface area contributed by atoms with Gasteiger partial charge in [-0.2, -0.15) is 0 Å². The number of rotatable bonds is 4. The Morgan fingerprint density at radius 3 is 2.80 bits per heavy atom. The predicted octanol–water partition coefficient (Wildman–Crippen LogP) is 1.02. The lowest BCUT2D eigenvalue weighted by molar-refractivity contribution is -0.115. The van der Waals surface area contributed by atoms with E-state index in [0.717, 1.165) is 17.2 Å². The smallest absolute Gasteiger partial charge is 0.277 e. The Bertz CT molecular complexity index is 169. The summed E-state index contributed by atoms with van der Waals surface area (Å²) < 4.78 is 12.2. The lowest BCUT2D eigenvalue weighted by atomic mass is 10.6. The molecule has 2 N–H and O–H groups in total.